The minimum absolute atomic E-state index is 0.116. The molecule has 5 heteroatoms. The average Bonchev–Trinajstić information content (AvgIpc) is 2.39. The van der Waals surface area contributed by atoms with Crippen LogP contribution < -0.4 is 0 Å². The predicted molar refractivity (Wildman–Crippen MR) is 76.8 cm³/mol. The average molecular weight is 278 g/mol. The van der Waals surface area contributed by atoms with Crippen LogP contribution in [0.1, 0.15) is 20.3 Å². The van der Waals surface area contributed by atoms with Crippen molar-refractivity contribution in [3.05, 3.63) is 48.2 Å². The molecule has 19 heavy (non-hydrogen) atoms. The largest absolute Gasteiger partial charge is 0.303 e. The third-order valence-corrected chi connectivity index (χ3v) is 3.21. The van der Waals surface area contributed by atoms with Crippen molar-refractivity contribution in [3.8, 4) is 0 Å². The van der Waals surface area contributed by atoms with E-state index in [0.717, 1.165) is 28.4 Å². The molecule has 1 rings (SSSR count). The summed E-state index contributed by atoms with van der Waals surface area (Å²) >= 11 is 1.01. The Balaban J connectivity index is 2.53. The summed E-state index contributed by atoms with van der Waals surface area (Å²) in [5.41, 5.74) is 1.28. The second-order valence-corrected chi connectivity index (χ2v) is 4.99. The summed E-state index contributed by atoms with van der Waals surface area (Å²) in [7, 11) is 0. The topological polar surface area (TPSA) is 53.4 Å². The number of allylic oxidation sites excluding steroid dienone is 2. The maximum absolute atomic E-state index is 11.9. The molecule has 0 fully saturated rings. The predicted octanol–water partition coefficient (Wildman–Crippen LogP) is 3.26. The zero-order valence-corrected chi connectivity index (χ0v) is 12.0. The van der Waals surface area contributed by atoms with E-state index < -0.39 is 0 Å². The van der Waals surface area contributed by atoms with Gasteiger partial charge in [0, 0.05) is 23.7 Å². The molecule has 4 nitrogen and oxygen atoms in total. The fourth-order valence-electron chi connectivity index (χ4n) is 1.41. The van der Waals surface area contributed by atoms with Crippen molar-refractivity contribution in [2.45, 2.75) is 25.3 Å². The first-order valence-electron chi connectivity index (χ1n) is 5.99. The molecule has 0 saturated carbocycles. The first-order chi connectivity index (χ1) is 9.04. The zero-order chi connectivity index (χ0) is 14.3. The van der Waals surface area contributed by atoms with Gasteiger partial charge in [-0.15, -0.1) is 4.47 Å². The Morgan fingerprint density at radius 2 is 2.32 bits per heavy atom. The SMILES string of the molecule is C=C(C(=O)CN(O)Sc1ccccn1)/C(C)=C\CC. The molecular weight excluding hydrogens is 260 g/mol. The van der Waals surface area contributed by atoms with Crippen molar-refractivity contribution in [2.75, 3.05) is 6.54 Å². The molecule has 0 aliphatic rings. The van der Waals surface area contributed by atoms with Crippen LogP contribution in [0.3, 0.4) is 0 Å². The highest BCUT2D eigenvalue weighted by Crippen LogP contribution is 2.18. The molecule has 0 aromatic carbocycles. The molecule has 1 aromatic rings. The lowest BCUT2D eigenvalue weighted by Crippen LogP contribution is -2.22. The van der Waals surface area contributed by atoms with Gasteiger partial charge in [0.05, 0.1) is 6.54 Å². The van der Waals surface area contributed by atoms with E-state index in [9.17, 15) is 10.0 Å². The molecule has 0 atom stereocenters. The van der Waals surface area contributed by atoms with Gasteiger partial charge in [0.2, 0.25) is 0 Å². The van der Waals surface area contributed by atoms with Crippen molar-refractivity contribution < 1.29 is 10.0 Å². The van der Waals surface area contributed by atoms with Crippen LogP contribution in [0.25, 0.3) is 0 Å². The fourth-order valence-corrected chi connectivity index (χ4v) is 2.05. The molecule has 0 spiro atoms. The maximum Gasteiger partial charge on any atom is 0.179 e. The van der Waals surface area contributed by atoms with Crippen LogP contribution >= 0.6 is 11.9 Å². The molecule has 0 bridgehead atoms. The summed E-state index contributed by atoms with van der Waals surface area (Å²) in [6.45, 7) is 7.48. The Morgan fingerprint density at radius 3 is 2.89 bits per heavy atom. The molecule has 0 aliphatic carbocycles. The molecule has 1 N–H and O–H groups in total. The van der Waals surface area contributed by atoms with Gasteiger partial charge in [0.25, 0.3) is 0 Å². The van der Waals surface area contributed by atoms with Gasteiger partial charge in [-0.25, -0.2) is 4.98 Å². The number of ketones is 1. The van der Waals surface area contributed by atoms with E-state index in [1.165, 1.54) is 0 Å². The van der Waals surface area contributed by atoms with Gasteiger partial charge in [0.1, 0.15) is 5.03 Å². The Morgan fingerprint density at radius 1 is 1.58 bits per heavy atom. The quantitative estimate of drug-likeness (QED) is 0.359. The lowest BCUT2D eigenvalue weighted by atomic mass is 10.0. The highest BCUT2D eigenvalue weighted by atomic mass is 32.2. The minimum Gasteiger partial charge on any atom is -0.303 e. The normalized spacial score (nSPS) is 11.7. The van der Waals surface area contributed by atoms with E-state index in [2.05, 4.69) is 11.6 Å². The van der Waals surface area contributed by atoms with Crippen LogP contribution in [0.15, 0.2) is 53.2 Å². The van der Waals surface area contributed by atoms with Gasteiger partial charge in [-0.05, 0) is 31.1 Å². The van der Waals surface area contributed by atoms with Crippen molar-refractivity contribution in [2.24, 2.45) is 0 Å². The molecule has 0 amide bonds. The minimum atomic E-state index is -0.201. The Hall–Kier alpha value is -1.43. The summed E-state index contributed by atoms with van der Waals surface area (Å²) in [5.74, 6) is -0.201. The smallest absolute Gasteiger partial charge is 0.179 e. The standard InChI is InChI=1S/C14H18N2O2S/c1-4-7-11(2)12(3)13(17)10-16(18)19-14-8-5-6-9-15-14/h5-9,18H,3-4,10H2,1-2H3/b11-7-. The zero-order valence-electron chi connectivity index (χ0n) is 11.2. The van der Waals surface area contributed by atoms with Crippen LogP contribution in [0.4, 0.5) is 0 Å². The number of hydroxylamine groups is 1. The summed E-state index contributed by atoms with van der Waals surface area (Å²) in [4.78, 5) is 15.9. The Labute approximate surface area is 117 Å². The van der Waals surface area contributed by atoms with E-state index in [1.54, 1.807) is 18.3 Å². The van der Waals surface area contributed by atoms with E-state index in [4.69, 9.17) is 0 Å². The van der Waals surface area contributed by atoms with Crippen LogP contribution in [0, 0.1) is 0 Å². The van der Waals surface area contributed by atoms with Crippen molar-refractivity contribution in [3.63, 3.8) is 0 Å². The molecule has 102 valence electrons. The number of nitrogens with zero attached hydrogens (tertiary/aromatic N) is 2. The van der Waals surface area contributed by atoms with Crippen LogP contribution in [-0.4, -0.2) is 27.0 Å². The number of carbonyl (C=O) groups excluding carboxylic acids is 1. The van der Waals surface area contributed by atoms with Crippen LogP contribution in [0.5, 0.6) is 0 Å². The van der Waals surface area contributed by atoms with Gasteiger partial charge >= 0.3 is 0 Å². The molecule has 0 aliphatic heterocycles. The highest BCUT2D eigenvalue weighted by Gasteiger charge is 2.14. The number of pyridine rings is 1. The van der Waals surface area contributed by atoms with E-state index in [0.29, 0.717) is 10.6 Å². The maximum atomic E-state index is 11.9. The fraction of sp³-hybridized carbons (Fsp3) is 0.286. The van der Waals surface area contributed by atoms with Gasteiger partial charge < -0.3 is 5.21 Å². The molecular formula is C14H18N2O2S. The van der Waals surface area contributed by atoms with Gasteiger partial charge in [0.15, 0.2) is 5.78 Å². The van der Waals surface area contributed by atoms with Crippen molar-refractivity contribution in [1.82, 2.24) is 9.45 Å². The summed E-state index contributed by atoms with van der Waals surface area (Å²) < 4.78 is 0.870. The highest BCUT2D eigenvalue weighted by molar-refractivity contribution is 7.96. The number of Topliss-reactive ketones (excluding diaryl/α,β-unsaturated/α-hetero) is 1. The van der Waals surface area contributed by atoms with E-state index >= 15 is 0 Å². The molecule has 0 saturated heterocycles. The first kappa shape index (κ1) is 15.6. The number of carbonyl (C=O) groups is 1. The van der Waals surface area contributed by atoms with Crippen LogP contribution in [-0.2, 0) is 4.79 Å². The van der Waals surface area contributed by atoms with Gasteiger partial charge in [-0.3, -0.25) is 4.79 Å². The monoisotopic (exact) mass is 278 g/mol. The molecule has 1 heterocycles. The van der Waals surface area contributed by atoms with Crippen LogP contribution in [0.2, 0.25) is 0 Å². The second kappa shape index (κ2) is 7.89. The first-order valence-corrected chi connectivity index (χ1v) is 6.76. The molecule has 0 radical (unpaired) electrons. The summed E-state index contributed by atoms with van der Waals surface area (Å²) in [6.07, 6.45) is 4.42. The third kappa shape index (κ3) is 5.38. The van der Waals surface area contributed by atoms with Gasteiger partial charge in [-0.2, -0.15) is 0 Å². The number of rotatable bonds is 7. The number of hydrogen-bond donors (Lipinski definition) is 1. The Kier molecular flexibility index (Phi) is 6.49. The second-order valence-electron chi connectivity index (χ2n) is 3.97. The number of aromatic nitrogens is 1. The van der Waals surface area contributed by atoms with Crippen molar-refractivity contribution >= 4 is 17.7 Å². The van der Waals surface area contributed by atoms with E-state index in [1.807, 2.05) is 26.0 Å². The Bertz CT molecular complexity index is 472. The molecule has 1 aromatic heterocycles. The van der Waals surface area contributed by atoms with Gasteiger partial charge in [-0.1, -0.05) is 25.6 Å². The lowest BCUT2D eigenvalue weighted by Gasteiger charge is -2.13. The third-order valence-electron chi connectivity index (χ3n) is 2.44. The van der Waals surface area contributed by atoms with Crippen molar-refractivity contribution in [1.29, 1.82) is 0 Å². The van der Waals surface area contributed by atoms with E-state index in [-0.39, 0.29) is 12.3 Å². The summed E-state index contributed by atoms with van der Waals surface area (Å²) in [6, 6.07) is 5.37. The summed E-state index contributed by atoms with van der Waals surface area (Å²) in [5, 5.41) is 10.3. The number of hydrogen-bond acceptors (Lipinski definition) is 5. The molecule has 0 unspecified atom stereocenters. The lowest BCUT2D eigenvalue weighted by molar-refractivity contribution is -0.120.